The van der Waals surface area contributed by atoms with Crippen LogP contribution in [0.4, 0.5) is 17.1 Å². The van der Waals surface area contributed by atoms with Gasteiger partial charge in [-0.3, -0.25) is 0 Å². The summed E-state index contributed by atoms with van der Waals surface area (Å²) in [5.74, 6) is 3.58. The number of anilines is 3. The highest BCUT2D eigenvalue weighted by molar-refractivity contribution is 5.99. The van der Waals surface area contributed by atoms with Crippen LogP contribution in [0.2, 0.25) is 0 Å². The molecule has 0 amide bonds. The minimum Gasteiger partial charge on any atom is -0.310 e. The molecule has 0 heterocycles. The Morgan fingerprint density at radius 2 is 1.02 bits per heavy atom. The first-order valence-electron chi connectivity index (χ1n) is 21.1. The van der Waals surface area contributed by atoms with Crippen LogP contribution in [-0.2, 0) is 16.2 Å². The zero-order valence-corrected chi connectivity index (χ0v) is 32.3. The van der Waals surface area contributed by atoms with E-state index in [2.05, 4.69) is 136 Å². The van der Waals surface area contributed by atoms with Gasteiger partial charge >= 0.3 is 0 Å². The van der Waals surface area contributed by atoms with E-state index in [4.69, 9.17) is 0 Å². The summed E-state index contributed by atoms with van der Waals surface area (Å²) in [5, 5.41) is 0. The molecule has 0 spiro atoms. The van der Waals surface area contributed by atoms with Gasteiger partial charge in [-0.15, -0.1) is 0 Å². The van der Waals surface area contributed by atoms with Crippen molar-refractivity contribution in [3.63, 3.8) is 0 Å². The Labute approximate surface area is 317 Å². The van der Waals surface area contributed by atoms with Gasteiger partial charge in [-0.2, -0.15) is 0 Å². The van der Waals surface area contributed by atoms with E-state index in [-0.39, 0.29) is 10.8 Å². The predicted molar refractivity (Wildman–Crippen MR) is 222 cm³/mol. The zero-order valence-electron chi connectivity index (χ0n) is 32.3. The Kier molecular flexibility index (Phi) is 6.99. The van der Waals surface area contributed by atoms with E-state index in [0.717, 1.165) is 17.8 Å². The fourth-order valence-electron chi connectivity index (χ4n) is 13.4. The quantitative estimate of drug-likeness (QED) is 0.177. The van der Waals surface area contributed by atoms with Gasteiger partial charge in [0.1, 0.15) is 0 Å². The Morgan fingerprint density at radius 3 is 1.64 bits per heavy atom. The molecule has 53 heavy (non-hydrogen) atoms. The summed E-state index contributed by atoms with van der Waals surface area (Å²) in [7, 11) is 0. The topological polar surface area (TPSA) is 3.24 Å². The summed E-state index contributed by atoms with van der Waals surface area (Å²) in [6, 6.07) is 41.1. The maximum atomic E-state index is 2.55. The van der Waals surface area contributed by atoms with Crippen LogP contribution < -0.4 is 4.90 Å². The molecule has 1 nitrogen and oxygen atoms in total. The van der Waals surface area contributed by atoms with Crippen LogP contribution in [0.3, 0.4) is 0 Å². The first kappa shape index (κ1) is 32.3. The molecule has 7 aliphatic carbocycles. The molecular weight excluding hydrogens is 639 g/mol. The molecule has 7 aliphatic rings. The average Bonchev–Trinajstić information content (AvgIpc) is 3.55. The average molecular weight is 694 g/mol. The lowest BCUT2D eigenvalue weighted by Crippen LogP contribution is -2.48. The van der Waals surface area contributed by atoms with E-state index in [1.807, 2.05) is 0 Å². The monoisotopic (exact) mass is 693 g/mol. The lowest BCUT2D eigenvalue weighted by molar-refractivity contribution is -0.00518. The third kappa shape index (κ3) is 4.74. The normalized spacial score (nSPS) is 26.9. The molecule has 0 aromatic heterocycles. The first-order chi connectivity index (χ1) is 25.7. The predicted octanol–water partition coefficient (Wildman–Crippen LogP) is 14.3. The number of rotatable bonds is 5. The molecule has 0 atom stereocenters. The number of hydrogen-bond donors (Lipinski definition) is 0. The van der Waals surface area contributed by atoms with Crippen LogP contribution in [0.5, 0.6) is 0 Å². The van der Waals surface area contributed by atoms with E-state index in [1.54, 1.807) is 5.56 Å². The summed E-state index contributed by atoms with van der Waals surface area (Å²) in [4.78, 5) is 2.55. The molecule has 4 bridgehead atoms. The van der Waals surface area contributed by atoms with E-state index < -0.39 is 0 Å². The molecule has 0 saturated heterocycles. The Bertz CT molecular complexity index is 2210. The number of benzene rings is 5. The fraction of sp³-hybridized carbons (Fsp3) is 0.423. The minimum atomic E-state index is -0.101. The third-order valence-electron chi connectivity index (χ3n) is 15.6. The molecule has 12 rings (SSSR count). The van der Waals surface area contributed by atoms with E-state index in [9.17, 15) is 0 Å². The highest BCUT2D eigenvalue weighted by atomic mass is 15.1. The van der Waals surface area contributed by atoms with Gasteiger partial charge in [0.25, 0.3) is 0 Å². The van der Waals surface area contributed by atoms with Gasteiger partial charge in [0.15, 0.2) is 0 Å². The smallest absolute Gasteiger partial charge is 0.0465 e. The summed E-state index contributed by atoms with van der Waals surface area (Å²) >= 11 is 0. The molecule has 0 unspecified atom stereocenters. The molecule has 5 fully saturated rings. The van der Waals surface area contributed by atoms with Crippen molar-refractivity contribution in [3.05, 3.63) is 137 Å². The SMILES string of the molecule is CC1(C)c2ccccc2-c2c1ccc1c2-c2ccc(N(c3ccc(C4CCCCC4)cc3)c3ccc(C45CC6CC(CC(C6)C4)C5)cc3)cc2C1(C)C. The van der Waals surface area contributed by atoms with E-state index in [0.29, 0.717) is 11.3 Å². The summed E-state index contributed by atoms with van der Waals surface area (Å²) in [6.45, 7) is 9.70. The lowest BCUT2D eigenvalue weighted by atomic mass is 9.48. The van der Waals surface area contributed by atoms with Crippen molar-refractivity contribution < 1.29 is 0 Å². The maximum Gasteiger partial charge on any atom is 0.0465 e. The fourth-order valence-corrected chi connectivity index (χ4v) is 13.4. The molecule has 268 valence electrons. The molecule has 1 heteroatoms. The van der Waals surface area contributed by atoms with Gasteiger partial charge in [0.2, 0.25) is 0 Å². The van der Waals surface area contributed by atoms with Crippen molar-refractivity contribution in [3.8, 4) is 22.3 Å². The van der Waals surface area contributed by atoms with Gasteiger partial charge in [0, 0.05) is 27.9 Å². The molecular formula is C52H55N. The Morgan fingerprint density at radius 1 is 0.491 bits per heavy atom. The maximum absolute atomic E-state index is 2.55. The molecule has 5 aromatic rings. The zero-order chi connectivity index (χ0) is 35.7. The van der Waals surface area contributed by atoms with Crippen molar-refractivity contribution in [2.45, 2.75) is 120 Å². The summed E-state index contributed by atoms with van der Waals surface area (Å²) in [5.41, 5.74) is 18.8. The van der Waals surface area contributed by atoms with Crippen molar-refractivity contribution in [2.24, 2.45) is 17.8 Å². The van der Waals surface area contributed by atoms with Crippen LogP contribution in [0.1, 0.15) is 138 Å². The van der Waals surface area contributed by atoms with Crippen LogP contribution in [0.25, 0.3) is 22.3 Å². The number of fused-ring (bicyclic) bond motifs is 7. The third-order valence-corrected chi connectivity index (χ3v) is 15.6. The molecule has 0 radical (unpaired) electrons. The minimum absolute atomic E-state index is 0.00326. The highest BCUT2D eigenvalue weighted by Gasteiger charge is 2.51. The van der Waals surface area contributed by atoms with Crippen LogP contribution in [0.15, 0.2) is 103 Å². The lowest BCUT2D eigenvalue weighted by Gasteiger charge is -2.57. The van der Waals surface area contributed by atoms with Gasteiger partial charge in [-0.1, -0.05) is 114 Å². The van der Waals surface area contributed by atoms with Gasteiger partial charge in [-0.25, -0.2) is 0 Å². The summed E-state index contributed by atoms with van der Waals surface area (Å²) < 4.78 is 0. The second-order valence-electron chi connectivity index (χ2n) is 19.4. The number of hydrogen-bond acceptors (Lipinski definition) is 1. The highest BCUT2D eigenvalue weighted by Crippen LogP contribution is 2.62. The van der Waals surface area contributed by atoms with Gasteiger partial charge in [0.05, 0.1) is 0 Å². The number of nitrogens with zero attached hydrogens (tertiary/aromatic N) is 1. The van der Waals surface area contributed by atoms with Crippen molar-refractivity contribution in [2.75, 3.05) is 4.90 Å². The van der Waals surface area contributed by atoms with Crippen LogP contribution in [0, 0.1) is 17.8 Å². The van der Waals surface area contributed by atoms with Gasteiger partial charge < -0.3 is 4.90 Å². The largest absolute Gasteiger partial charge is 0.310 e. The van der Waals surface area contributed by atoms with Crippen molar-refractivity contribution >= 4 is 17.1 Å². The van der Waals surface area contributed by atoms with E-state index in [1.165, 1.54) is 138 Å². The van der Waals surface area contributed by atoms with Crippen LogP contribution in [-0.4, -0.2) is 0 Å². The molecule has 0 N–H and O–H groups in total. The standard InChI is InChI=1S/C52H55N/c1-50(2)44-13-9-8-12-42(44)48-45(50)24-25-46-49(48)43-23-22-41(29-47(43)51(46,3)4)53(39-18-14-37(15-19-39)36-10-6-5-7-11-36)40-20-16-38(17-21-40)52-30-33-26-34(31-52)28-35(27-33)32-52/h8-9,12-25,29,33-36H,5-7,10-11,26-28,30-32H2,1-4H3. The Balaban J connectivity index is 1.02. The molecule has 5 aromatic carbocycles. The van der Waals surface area contributed by atoms with E-state index >= 15 is 0 Å². The molecule has 0 aliphatic heterocycles. The molecule has 5 saturated carbocycles. The summed E-state index contributed by atoms with van der Waals surface area (Å²) in [6.07, 6.45) is 15.5. The first-order valence-corrected chi connectivity index (χ1v) is 21.1. The Hall–Kier alpha value is -4.10. The van der Waals surface area contributed by atoms with Crippen LogP contribution >= 0.6 is 0 Å². The van der Waals surface area contributed by atoms with Crippen molar-refractivity contribution in [1.82, 2.24) is 0 Å². The van der Waals surface area contributed by atoms with Crippen molar-refractivity contribution in [1.29, 1.82) is 0 Å². The van der Waals surface area contributed by atoms with Gasteiger partial charge in [-0.05, 0) is 172 Å². The second-order valence-corrected chi connectivity index (χ2v) is 19.4. The second kappa shape index (κ2) is 11.5.